The van der Waals surface area contributed by atoms with Crippen molar-refractivity contribution < 1.29 is 13.6 Å². The Morgan fingerprint density at radius 1 is 1.35 bits per heavy atom. The summed E-state index contributed by atoms with van der Waals surface area (Å²) in [6.07, 6.45) is 0.770. The highest BCUT2D eigenvalue weighted by molar-refractivity contribution is 5.77. The molecule has 2 N–H and O–H groups in total. The number of likely N-dealkylation sites (N-methyl/N-ethyl adjacent to an activating group) is 1. The molecule has 1 aromatic rings. The summed E-state index contributed by atoms with van der Waals surface area (Å²) in [5.41, 5.74) is 5.76. The Morgan fingerprint density at radius 2 is 1.94 bits per heavy atom. The van der Waals surface area contributed by atoms with Crippen LogP contribution in [0, 0.1) is 11.6 Å². The van der Waals surface area contributed by atoms with Gasteiger partial charge in [0.05, 0.1) is 6.04 Å². The number of benzene rings is 1. The Kier molecular flexibility index (Phi) is 3.11. The maximum Gasteiger partial charge on any atom is 0.222 e. The molecule has 1 saturated heterocycles. The number of hydrogen-bond donors (Lipinski definition) is 1. The van der Waals surface area contributed by atoms with Crippen LogP contribution < -0.4 is 5.73 Å². The summed E-state index contributed by atoms with van der Waals surface area (Å²) in [7, 11) is 1.53. The summed E-state index contributed by atoms with van der Waals surface area (Å²) in [5.74, 6) is -1.46. The molecule has 2 unspecified atom stereocenters. The molecule has 0 saturated carbocycles. The number of halogens is 2. The summed E-state index contributed by atoms with van der Waals surface area (Å²) in [6, 6.07) is 2.49. The molecule has 92 valence electrons. The lowest BCUT2D eigenvalue weighted by molar-refractivity contribution is -0.135. The monoisotopic (exact) mass is 240 g/mol. The van der Waals surface area contributed by atoms with Crippen molar-refractivity contribution in [2.24, 2.45) is 5.73 Å². The van der Waals surface area contributed by atoms with Gasteiger partial charge < -0.3 is 10.6 Å². The van der Waals surface area contributed by atoms with Crippen molar-refractivity contribution in [3.8, 4) is 0 Å². The second-order valence-electron chi connectivity index (χ2n) is 4.29. The van der Waals surface area contributed by atoms with E-state index in [4.69, 9.17) is 5.73 Å². The van der Waals surface area contributed by atoms with Crippen LogP contribution in [-0.4, -0.2) is 23.9 Å². The predicted molar refractivity (Wildman–Crippen MR) is 59.1 cm³/mol. The molecular formula is C12H14F2N2O. The fourth-order valence-corrected chi connectivity index (χ4v) is 2.27. The topological polar surface area (TPSA) is 46.3 Å². The first-order chi connectivity index (χ1) is 8.02. The van der Waals surface area contributed by atoms with Gasteiger partial charge in [0.2, 0.25) is 5.91 Å². The SMILES string of the molecule is CN1C(=O)CCC(N)C1c1c(F)cccc1F. The fourth-order valence-electron chi connectivity index (χ4n) is 2.27. The van der Waals surface area contributed by atoms with Crippen LogP contribution in [-0.2, 0) is 4.79 Å². The van der Waals surface area contributed by atoms with Crippen LogP contribution in [0.5, 0.6) is 0 Å². The number of nitrogens with zero attached hydrogens (tertiary/aromatic N) is 1. The second-order valence-corrected chi connectivity index (χ2v) is 4.29. The predicted octanol–water partition coefficient (Wildman–Crippen LogP) is 1.59. The lowest BCUT2D eigenvalue weighted by atomic mass is 9.90. The van der Waals surface area contributed by atoms with Crippen LogP contribution in [0.25, 0.3) is 0 Å². The molecule has 1 aliphatic heterocycles. The van der Waals surface area contributed by atoms with E-state index in [0.717, 1.165) is 0 Å². The van der Waals surface area contributed by atoms with Crippen LogP contribution in [0.4, 0.5) is 8.78 Å². The van der Waals surface area contributed by atoms with Crippen LogP contribution in [0.2, 0.25) is 0 Å². The molecule has 0 radical (unpaired) electrons. The lowest BCUT2D eigenvalue weighted by Gasteiger charge is -2.37. The third-order valence-corrected chi connectivity index (χ3v) is 3.20. The quantitative estimate of drug-likeness (QED) is 0.810. The third kappa shape index (κ3) is 2.02. The first-order valence-corrected chi connectivity index (χ1v) is 5.47. The van der Waals surface area contributed by atoms with E-state index in [-0.39, 0.29) is 11.5 Å². The average Bonchev–Trinajstić information content (AvgIpc) is 2.28. The van der Waals surface area contributed by atoms with Crippen molar-refractivity contribution in [1.29, 1.82) is 0 Å². The molecule has 1 fully saturated rings. The minimum Gasteiger partial charge on any atom is -0.337 e. The van der Waals surface area contributed by atoms with E-state index in [9.17, 15) is 13.6 Å². The van der Waals surface area contributed by atoms with Crippen molar-refractivity contribution in [2.45, 2.75) is 24.9 Å². The van der Waals surface area contributed by atoms with E-state index >= 15 is 0 Å². The minimum atomic E-state index is -0.725. The van der Waals surface area contributed by atoms with Gasteiger partial charge in [-0.2, -0.15) is 0 Å². The Balaban J connectivity index is 2.46. The molecule has 0 bridgehead atoms. The third-order valence-electron chi connectivity index (χ3n) is 3.20. The van der Waals surface area contributed by atoms with Crippen LogP contribution in [0.3, 0.4) is 0 Å². The summed E-state index contributed by atoms with van der Waals surface area (Å²) >= 11 is 0. The van der Waals surface area contributed by atoms with Crippen molar-refractivity contribution in [3.63, 3.8) is 0 Å². The van der Waals surface area contributed by atoms with E-state index in [1.54, 1.807) is 0 Å². The van der Waals surface area contributed by atoms with Gasteiger partial charge in [-0.05, 0) is 18.6 Å². The number of hydrogen-bond acceptors (Lipinski definition) is 2. The molecule has 2 atom stereocenters. The number of carbonyl (C=O) groups is 1. The van der Waals surface area contributed by atoms with Gasteiger partial charge in [-0.15, -0.1) is 0 Å². The molecule has 0 aromatic heterocycles. The van der Waals surface area contributed by atoms with Crippen LogP contribution in [0.15, 0.2) is 18.2 Å². The van der Waals surface area contributed by atoms with Gasteiger partial charge in [-0.25, -0.2) is 8.78 Å². The zero-order valence-corrected chi connectivity index (χ0v) is 9.49. The van der Waals surface area contributed by atoms with Gasteiger partial charge in [0.15, 0.2) is 0 Å². The lowest BCUT2D eigenvalue weighted by Crippen LogP contribution is -2.47. The van der Waals surface area contributed by atoms with Crippen molar-refractivity contribution in [3.05, 3.63) is 35.4 Å². The Bertz CT molecular complexity index is 430. The number of piperidine rings is 1. The summed E-state index contributed by atoms with van der Waals surface area (Å²) in [5, 5.41) is 0. The van der Waals surface area contributed by atoms with Gasteiger partial charge in [-0.3, -0.25) is 4.79 Å². The minimum absolute atomic E-state index is 0.115. The van der Waals surface area contributed by atoms with Crippen molar-refractivity contribution in [1.82, 2.24) is 4.90 Å². The maximum absolute atomic E-state index is 13.7. The Labute approximate surface area is 98.2 Å². The second kappa shape index (κ2) is 4.41. The van der Waals surface area contributed by atoms with Gasteiger partial charge in [0.25, 0.3) is 0 Å². The Hall–Kier alpha value is -1.49. The number of amides is 1. The molecule has 2 rings (SSSR count). The number of carbonyl (C=O) groups excluding carboxylic acids is 1. The van der Waals surface area contributed by atoms with Crippen molar-refractivity contribution >= 4 is 5.91 Å². The van der Waals surface area contributed by atoms with Gasteiger partial charge in [0, 0.05) is 25.1 Å². The molecule has 0 aliphatic carbocycles. The summed E-state index contributed by atoms with van der Waals surface area (Å²) in [4.78, 5) is 12.9. The normalized spacial score (nSPS) is 25.2. The van der Waals surface area contributed by atoms with Crippen molar-refractivity contribution in [2.75, 3.05) is 7.05 Å². The molecule has 1 aromatic carbocycles. The Morgan fingerprint density at radius 3 is 2.53 bits per heavy atom. The van der Waals surface area contributed by atoms with E-state index < -0.39 is 23.7 Å². The smallest absolute Gasteiger partial charge is 0.222 e. The summed E-state index contributed by atoms with van der Waals surface area (Å²) < 4.78 is 27.4. The fraction of sp³-hybridized carbons (Fsp3) is 0.417. The molecule has 1 aliphatic rings. The standard InChI is InChI=1S/C12H14F2N2O/c1-16-10(17)6-5-9(15)12(16)11-7(13)3-2-4-8(11)14/h2-4,9,12H,5-6,15H2,1H3. The number of rotatable bonds is 1. The van der Waals surface area contributed by atoms with Crippen LogP contribution >= 0.6 is 0 Å². The summed E-state index contributed by atoms with van der Waals surface area (Å²) in [6.45, 7) is 0. The van der Waals surface area contributed by atoms with Crippen LogP contribution in [0.1, 0.15) is 24.4 Å². The van der Waals surface area contributed by atoms with E-state index in [1.807, 2.05) is 0 Å². The highest BCUT2D eigenvalue weighted by Gasteiger charge is 2.35. The number of nitrogens with two attached hydrogens (primary N) is 1. The maximum atomic E-state index is 13.7. The first kappa shape index (κ1) is 12.0. The molecule has 5 heteroatoms. The van der Waals surface area contributed by atoms with Gasteiger partial charge >= 0.3 is 0 Å². The zero-order valence-electron chi connectivity index (χ0n) is 9.49. The van der Waals surface area contributed by atoms with E-state index in [0.29, 0.717) is 12.8 Å². The molecular weight excluding hydrogens is 226 g/mol. The van der Waals surface area contributed by atoms with Gasteiger partial charge in [0.1, 0.15) is 11.6 Å². The highest BCUT2D eigenvalue weighted by atomic mass is 19.1. The average molecular weight is 240 g/mol. The largest absolute Gasteiger partial charge is 0.337 e. The highest BCUT2D eigenvalue weighted by Crippen LogP contribution is 2.32. The number of likely N-dealkylation sites (tertiary alicyclic amines) is 1. The molecule has 1 heterocycles. The first-order valence-electron chi connectivity index (χ1n) is 5.47. The van der Waals surface area contributed by atoms with Gasteiger partial charge in [-0.1, -0.05) is 6.07 Å². The van der Waals surface area contributed by atoms with E-state index in [1.165, 1.54) is 30.1 Å². The molecule has 17 heavy (non-hydrogen) atoms. The molecule has 3 nitrogen and oxygen atoms in total. The molecule has 1 amide bonds. The zero-order chi connectivity index (χ0) is 12.6. The van der Waals surface area contributed by atoms with E-state index in [2.05, 4.69) is 0 Å². The molecule has 0 spiro atoms.